The number of nitrogens with one attached hydrogen (secondary N) is 1. The number of amides is 1. The summed E-state index contributed by atoms with van der Waals surface area (Å²) in [5, 5.41) is 12.2. The van der Waals surface area contributed by atoms with E-state index in [1.807, 2.05) is 30.3 Å². The largest absolute Gasteiger partial charge is 0.481 e. The number of carboxylic acids is 1. The standard InChI is InChI=1S/C28H32N6O4/c29-25-24-26(33-28(32-25)31-14-12-21-3-1-2-13-30-21)38-16-15-34(27(24)37)22-10-8-20(9-11-22)19-6-4-18(5-7-19)17-23(35)36/h1-3,8-11,13,18-19H,4-7,12,14-17H2,(H,35,36)(H3,29,31,32,33)/t18-,19-. The molecule has 10 heteroatoms. The van der Waals surface area contributed by atoms with Crippen molar-refractivity contribution in [3.8, 4) is 5.88 Å². The van der Waals surface area contributed by atoms with Gasteiger partial charge in [-0.3, -0.25) is 14.6 Å². The number of aromatic nitrogens is 3. The quantitative estimate of drug-likeness (QED) is 0.406. The highest BCUT2D eigenvalue weighted by Gasteiger charge is 2.30. The van der Waals surface area contributed by atoms with Crippen LogP contribution in [0.4, 0.5) is 17.5 Å². The topological polar surface area (TPSA) is 144 Å². The Balaban J connectivity index is 1.25. The molecule has 1 amide bonds. The van der Waals surface area contributed by atoms with Crippen LogP contribution in [-0.4, -0.2) is 51.6 Å². The van der Waals surface area contributed by atoms with Crippen LogP contribution in [0, 0.1) is 5.92 Å². The number of hydrogen-bond donors (Lipinski definition) is 3. The average molecular weight is 517 g/mol. The highest BCUT2D eigenvalue weighted by molar-refractivity contribution is 6.10. The highest BCUT2D eigenvalue weighted by atomic mass is 16.5. The van der Waals surface area contributed by atoms with E-state index >= 15 is 0 Å². The third kappa shape index (κ3) is 5.85. The molecule has 198 valence electrons. The van der Waals surface area contributed by atoms with Gasteiger partial charge in [-0.05, 0) is 67.3 Å². The Morgan fingerprint density at radius 1 is 1.11 bits per heavy atom. The van der Waals surface area contributed by atoms with Gasteiger partial charge >= 0.3 is 5.97 Å². The van der Waals surface area contributed by atoms with Crippen LogP contribution in [0.3, 0.4) is 0 Å². The summed E-state index contributed by atoms with van der Waals surface area (Å²) in [5.74, 6) is 0.220. The normalized spacial score (nSPS) is 19.3. The van der Waals surface area contributed by atoms with E-state index < -0.39 is 5.97 Å². The van der Waals surface area contributed by atoms with Gasteiger partial charge in [-0.1, -0.05) is 18.2 Å². The summed E-state index contributed by atoms with van der Waals surface area (Å²) < 4.78 is 5.83. The molecular weight excluding hydrogens is 484 g/mol. The minimum Gasteiger partial charge on any atom is -0.481 e. The molecule has 3 aromatic rings. The summed E-state index contributed by atoms with van der Waals surface area (Å²) in [6, 6.07) is 13.8. The number of nitrogens with two attached hydrogens (primary N) is 1. The summed E-state index contributed by atoms with van der Waals surface area (Å²) in [4.78, 5) is 39.2. The van der Waals surface area contributed by atoms with Crippen molar-refractivity contribution >= 4 is 29.3 Å². The van der Waals surface area contributed by atoms with Gasteiger partial charge in [0.2, 0.25) is 11.8 Å². The van der Waals surface area contributed by atoms with Crippen molar-refractivity contribution < 1.29 is 19.4 Å². The molecule has 1 fully saturated rings. The van der Waals surface area contributed by atoms with Gasteiger partial charge in [0.05, 0.1) is 6.54 Å². The van der Waals surface area contributed by atoms with Crippen molar-refractivity contribution in [2.24, 2.45) is 5.92 Å². The Morgan fingerprint density at radius 3 is 2.61 bits per heavy atom. The van der Waals surface area contributed by atoms with Gasteiger partial charge in [-0.2, -0.15) is 9.97 Å². The lowest BCUT2D eigenvalue weighted by atomic mass is 9.77. The van der Waals surface area contributed by atoms with E-state index in [4.69, 9.17) is 15.6 Å². The summed E-state index contributed by atoms with van der Waals surface area (Å²) in [7, 11) is 0. The number of nitrogens with zero attached hydrogens (tertiary/aromatic N) is 4. The number of hydrogen-bond acceptors (Lipinski definition) is 8. The Labute approximate surface area is 221 Å². The Bertz CT molecular complexity index is 1280. The Morgan fingerprint density at radius 2 is 1.89 bits per heavy atom. The van der Waals surface area contributed by atoms with E-state index in [0.29, 0.717) is 31.4 Å². The van der Waals surface area contributed by atoms with Gasteiger partial charge in [0, 0.05) is 37.0 Å². The number of benzene rings is 1. The number of carbonyl (C=O) groups is 2. The molecule has 1 aromatic carbocycles. The number of rotatable bonds is 8. The van der Waals surface area contributed by atoms with Crippen LogP contribution in [-0.2, 0) is 11.2 Å². The Hall–Kier alpha value is -4.21. The van der Waals surface area contributed by atoms with E-state index in [1.54, 1.807) is 11.1 Å². The first-order chi connectivity index (χ1) is 18.5. The predicted octanol–water partition coefficient (Wildman–Crippen LogP) is 3.90. The Kier molecular flexibility index (Phi) is 7.67. The van der Waals surface area contributed by atoms with Crippen molar-refractivity contribution in [3.05, 3.63) is 65.5 Å². The van der Waals surface area contributed by atoms with Crippen LogP contribution in [0.5, 0.6) is 5.88 Å². The molecule has 0 bridgehead atoms. The summed E-state index contributed by atoms with van der Waals surface area (Å²) in [6.07, 6.45) is 6.50. The van der Waals surface area contributed by atoms with Crippen molar-refractivity contribution in [2.75, 3.05) is 35.6 Å². The van der Waals surface area contributed by atoms with Gasteiger partial charge in [0.1, 0.15) is 18.0 Å². The fourth-order valence-electron chi connectivity index (χ4n) is 5.28. The van der Waals surface area contributed by atoms with Gasteiger partial charge < -0.3 is 25.8 Å². The maximum Gasteiger partial charge on any atom is 0.303 e. The number of anilines is 3. The lowest BCUT2D eigenvalue weighted by Crippen LogP contribution is -2.32. The van der Waals surface area contributed by atoms with Crippen molar-refractivity contribution in [3.63, 3.8) is 0 Å². The number of pyridine rings is 1. The number of carbonyl (C=O) groups excluding carboxylic acids is 1. The van der Waals surface area contributed by atoms with E-state index in [0.717, 1.165) is 37.1 Å². The monoisotopic (exact) mass is 516 g/mol. The molecule has 4 N–H and O–H groups in total. The average Bonchev–Trinajstić information content (AvgIpc) is 3.08. The highest BCUT2D eigenvalue weighted by Crippen LogP contribution is 2.38. The van der Waals surface area contributed by atoms with Crippen molar-refractivity contribution in [1.29, 1.82) is 0 Å². The minimum atomic E-state index is -0.718. The molecule has 2 aliphatic rings. The molecule has 1 aliphatic heterocycles. The van der Waals surface area contributed by atoms with Crippen LogP contribution in [0.15, 0.2) is 48.7 Å². The number of nitrogen functional groups attached to an aromatic ring is 1. The number of ether oxygens (including phenoxy) is 1. The fraction of sp³-hybridized carbons (Fsp3) is 0.393. The van der Waals surface area contributed by atoms with Crippen LogP contribution in [0.1, 0.15) is 59.6 Å². The molecule has 1 aliphatic carbocycles. The van der Waals surface area contributed by atoms with Crippen LogP contribution >= 0.6 is 0 Å². The molecule has 0 atom stereocenters. The number of carboxylic acid groups (broad SMARTS) is 1. The van der Waals surface area contributed by atoms with E-state index in [2.05, 4.69) is 32.4 Å². The molecule has 10 nitrogen and oxygen atoms in total. The second kappa shape index (κ2) is 11.5. The summed E-state index contributed by atoms with van der Waals surface area (Å²) in [6.45, 7) is 1.19. The molecule has 2 aromatic heterocycles. The van der Waals surface area contributed by atoms with E-state index in [1.165, 1.54) is 5.56 Å². The van der Waals surface area contributed by atoms with Crippen LogP contribution in [0.25, 0.3) is 0 Å². The smallest absolute Gasteiger partial charge is 0.303 e. The lowest BCUT2D eigenvalue weighted by Gasteiger charge is -2.28. The molecule has 0 spiro atoms. The fourth-order valence-corrected chi connectivity index (χ4v) is 5.28. The van der Waals surface area contributed by atoms with Crippen molar-refractivity contribution in [2.45, 2.75) is 44.4 Å². The molecule has 0 unspecified atom stereocenters. The van der Waals surface area contributed by atoms with Crippen molar-refractivity contribution in [1.82, 2.24) is 15.0 Å². The second-order valence-electron chi connectivity index (χ2n) is 9.82. The molecule has 38 heavy (non-hydrogen) atoms. The molecule has 1 saturated carbocycles. The molecule has 3 heterocycles. The summed E-state index contributed by atoms with van der Waals surface area (Å²) >= 11 is 0. The SMILES string of the molecule is Nc1nc(NCCc2ccccn2)nc2c1C(=O)N(c1ccc([C@H]3CC[C@H](CC(=O)O)CC3)cc1)CCO2. The zero-order chi connectivity index (χ0) is 26.5. The zero-order valence-corrected chi connectivity index (χ0v) is 21.2. The van der Waals surface area contributed by atoms with E-state index in [9.17, 15) is 9.59 Å². The maximum absolute atomic E-state index is 13.5. The minimum absolute atomic E-state index is 0.0713. The predicted molar refractivity (Wildman–Crippen MR) is 143 cm³/mol. The first kappa shape index (κ1) is 25.4. The van der Waals surface area contributed by atoms with Crippen LogP contribution < -0.4 is 20.7 Å². The van der Waals surface area contributed by atoms with Gasteiger partial charge in [0.25, 0.3) is 5.91 Å². The first-order valence-corrected chi connectivity index (χ1v) is 13.1. The van der Waals surface area contributed by atoms with Gasteiger partial charge in [-0.15, -0.1) is 0 Å². The maximum atomic E-state index is 13.5. The van der Waals surface area contributed by atoms with Gasteiger partial charge in [-0.25, -0.2) is 0 Å². The van der Waals surface area contributed by atoms with E-state index in [-0.39, 0.29) is 42.1 Å². The first-order valence-electron chi connectivity index (χ1n) is 13.1. The molecular formula is C28H32N6O4. The molecule has 0 saturated heterocycles. The number of aliphatic carboxylic acids is 1. The third-order valence-electron chi connectivity index (χ3n) is 7.29. The molecule has 0 radical (unpaired) electrons. The zero-order valence-electron chi connectivity index (χ0n) is 21.2. The van der Waals surface area contributed by atoms with Gasteiger partial charge in [0.15, 0.2) is 0 Å². The number of fused-ring (bicyclic) bond motifs is 1. The lowest BCUT2D eigenvalue weighted by molar-refractivity contribution is -0.138. The van der Waals surface area contributed by atoms with Crippen LogP contribution in [0.2, 0.25) is 0 Å². The second-order valence-corrected chi connectivity index (χ2v) is 9.82. The third-order valence-corrected chi connectivity index (χ3v) is 7.29. The molecule has 5 rings (SSSR count). The summed E-state index contributed by atoms with van der Waals surface area (Å²) in [5.41, 5.74) is 9.30.